The number of aromatic nitrogens is 4. The maximum atomic E-state index is 14.7. The highest BCUT2D eigenvalue weighted by molar-refractivity contribution is 5.63. The van der Waals surface area contributed by atoms with Crippen molar-refractivity contribution in [2.24, 2.45) is 0 Å². The second-order valence-corrected chi connectivity index (χ2v) is 6.88. The molecule has 0 amide bonds. The normalized spacial score (nSPS) is 20.1. The van der Waals surface area contributed by atoms with E-state index in [2.05, 4.69) is 20.6 Å². The zero-order valence-electron chi connectivity index (χ0n) is 15.1. The van der Waals surface area contributed by atoms with Crippen LogP contribution in [0.3, 0.4) is 0 Å². The highest BCUT2D eigenvalue weighted by Gasteiger charge is 2.42. The molecule has 6 nitrogen and oxygen atoms in total. The van der Waals surface area contributed by atoms with E-state index in [0.29, 0.717) is 17.9 Å². The van der Waals surface area contributed by atoms with Crippen LogP contribution in [-0.4, -0.2) is 33.0 Å². The van der Waals surface area contributed by atoms with Crippen LogP contribution in [0.1, 0.15) is 29.3 Å². The first-order chi connectivity index (χ1) is 13.2. The second kappa shape index (κ2) is 6.40. The van der Waals surface area contributed by atoms with Crippen molar-refractivity contribution in [2.75, 3.05) is 13.1 Å². The van der Waals surface area contributed by atoms with Crippen LogP contribution >= 0.6 is 0 Å². The molecule has 28 heavy (non-hydrogen) atoms. The van der Waals surface area contributed by atoms with Crippen LogP contribution in [-0.2, 0) is 11.8 Å². The number of halogens is 4. The molecule has 1 aromatic carbocycles. The van der Waals surface area contributed by atoms with Crippen LogP contribution in [0.25, 0.3) is 17.1 Å². The summed E-state index contributed by atoms with van der Waals surface area (Å²) in [6.07, 6.45) is -4.54. The Labute approximate surface area is 157 Å². The lowest BCUT2D eigenvalue weighted by atomic mass is 10.0. The zero-order chi connectivity index (χ0) is 20.1. The quantitative estimate of drug-likeness (QED) is 0.685. The molecule has 1 aliphatic heterocycles. The van der Waals surface area contributed by atoms with Gasteiger partial charge in [0, 0.05) is 24.2 Å². The zero-order valence-corrected chi connectivity index (χ0v) is 15.1. The van der Waals surface area contributed by atoms with Crippen molar-refractivity contribution in [3.05, 3.63) is 47.1 Å². The SMILES string of the molecule is Cc1cc(C)n(-c2ccc(-c3noc(C4(F)CCNC4)n3)c(C(F)(F)F)c2)n1. The van der Waals surface area contributed by atoms with Crippen molar-refractivity contribution >= 4 is 0 Å². The number of rotatable bonds is 3. The molecule has 1 aliphatic rings. The minimum atomic E-state index is -4.66. The van der Waals surface area contributed by atoms with E-state index in [1.165, 1.54) is 16.8 Å². The molecule has 148 valence electrons. The summed E-state index contributed by atoms with van der Waals surface area (Å²) in [6, 6.07) is 5.49. The molecule has 2 aromatic heterocycles. The molecule has 10 heteroatoms. The van der Waals surface area contributed by atoms with E-state index in [4.69, 9.17) is 4.52 Å². The molecular formula is C18H17F4N5O. The van der Waals surface area contributed by atoms with Crippen molar-refractivity contribution in [1.29, 1.82) is 0 Å². The van der Waals surface area contributed by atoms with Crippen LogP contribution in [0, 0.1) is 13.8 Å². The maximum Gasteiger partial charge on any atom is 0.417 e. The number of nitrogens with zero attached hydrogens (tertiary/aromatic N) is 4. The van der Waals surface area contributed by atoms with Crippen LogP contribution in [0.2, 0.25) is 0 Å². The number of hydrogen-bond donors (Lipinski definition) is 1. The molecule has 0 spiro atoms. The van der Waals surface area contributed by atoms with Crippen molar-refractivity contribution in [1.82, 2.24) is 25.2 Å². The van der Waals surface area contributed by atoms with Gasteiger partial charge in [-0.1, -0.05) is 5.16 Å². The number of aryl methyl sites for hydroxylation is 2. The van der Waals surface area contributed by atoms with Gasteiger partial charge in [-0.15, -0.1) is 0 Å². The third kappa shape index (κ3) is 3.17. The lowest BCUT2D eigenvalue weighted by Gasteiger charge is -2.14. The Morgan fingerprint density at radius 1 is 1.21 bits per heavy atom. The van der Waals surface area contributed by atoms with Gasteiger partial charge >= 0.3 is 6.18 Å². The summed E-state index contributed by atoms with van der Waals surface area (Å²) in [7, 11) is 0. The first-order valence-electron chi connectivity index (χ1n) is 8.66. The van der Waals surface area contributed by atoms with E-state index < -0.39 is 17.4 Å². The lowest BCUT2D eigenvalue weighted by molar-refractivity contribution is -0.137. The average molecular weight is 395 g/mol. The molecular weight excluding hydrogens is 378 g/mol. The molecule has 0 aliphatic carbocycles. The lowest BCUT2D eigenvalue weighted by Crippen LogP contribution is -2.23. The molecule has 1 atom stereocenters. The maximum absolute atomic E-state index is 14.7. The Morgan fingerprint density at radius 3 is 2.61 bits per heavy atom. The fourth-order valence-electron chi connectivity index (χ4n) is 3.34. The second-order valence-electron chi connectivity index (χ2n) is 6.88. The van der Waals surface area contributed by atoms with E-state index in [1.54, 1.807) is 19.9 Å². The van der Waals surface area contributed by atoms with Gasteiger partial charge in [0.1, 0.15) is 0 Å². The van der Waals surface area contributed by atoms with Crippen molar-refractivity contribution in [3.63, 3.8) is 0 Å². The summed E-state index contributed by atoms with van der Waals surface area (Å²) >= 11 is 0. The molecule has 1 fully saturated rings. The number of nitrogens with one attached hydrogen (secondary N) is 1. The fraction of sp³-hybridized carbons (Fsp3) is 0.389. The van der Waals surface area contributed by atoms with Crippen LogP contribution in [0.15, 0.2) is 28.8 Å². The van der Waals surface area contributed by atoms with Crippen LogP contribution < -0.4 is 5.32 Å². The number of alkyl halides is 4. The summed E-state index contributed by atoms with van der Waals surface area (Å²) in [5.74, 6) is -0.616. The predicted molar refractivity (Wildman–Crippen MR) is 91.6 cm³/mol. The van der Waals surface area contributed by atoms with Gasteiger partial charge in [0.2, 0.25) is 11.5 Å². The van der Waals surface area contributed by atoms with E-state index in [1.807, 2.05) is 0 Å². The summed E-state index contributed by atoms with van der Waals surface area (Å²) in [6.45, 7) is 3.92. The van der Waals surface area contributed by atoms with E-state index in [0.717, 1.165) is 6.07 Å². The summed E-state index contributed by atoms with van der Waals surface area (Å²) in [4.78, 5) is 3.92. The summed E-state index contributed by atoms with van der Waals surface area (Å²) in [5.41, 5.74) is -1.44. The predicted octanol–water partition coefficient (Wildman–Crippen LogP) is 3.72. The van der Waals surface area contributed by atoms with Gasteiger partial charge in [-0.3, -0.25) is 0 Å². The first-order valence-corrected chi connectivity index (χ1v) is 8.66. The fourth-order valence-corrected chi connectivity index (χ4v) is 3.34. The number of hydrogen-bond acceptors (Lipinski definition) is 5. The van der Waals surface area contributed by atoms with Crippen molar-refractivity contribution < 1.29 is 22.1 Å². The van der Waals surface area contributed by atoms with E-state index >= 15 is 0 Å². The molecule has 3 aromatic rings. The largest absolute Gasteiger partial charge is 0.417 e. The Hall–Kier alpha value is -2.75. The molecule has 1 saturated heterocycles. The van der Waals surface area contributed by atoms with Crippen molar-refractivity contribution in [3.8, 4) is 17.1 Å². The molecule has 4 rings (SSSR count). The van der Waals surface area contributed by atoms with Gasteiger partial charge in [0.15, 0.2) is 0 Å². The molecule has 0 radical (unpaired) electrons. The van der Waals surface area contributed by atoms with Crippen LogP contribution in [0.5, 0.6) is 0 Å². The molecule has 3 heterocycles. The molecule has 0 saturated carbocycles. The minimum Gasteiger partial charge on any atom is -0.335 e. The molecule has 0 bridgehead atoms. The van der Waals surface area contributed by atoms with Crippen LogP contribution in [0.4, 0.5) is 17.6 Å². The van der Waals surface area contributed by atoms with E-state index in [-0.39, 0.29) is 35.9 Å². The standard InChI is InChI=1S/C18H17F4N5O/c1-10-7-11(2)27(25-10)12-3-4-13(14(8-12)18(20,21)22)15-24-16(28-26-15)17(19)5-6-23-9-17/h3-4,7-8,23H,5-6,9H2,1-2H3. The highest BCUT2D eigenvalue weighted by Crippen LogP contribution is 2.39. The number of benzene rings is 1. The minimum absolute atomic E-state index is 0.0162. The van der Waals surface area contributed by atoms with Gasteiger partial charge in [0.05, 0.1) is 16.9 Å². The Kier molecular flexibility index (Phi) is 4.25. The Bertz CT molecular complexity index is 1020. The smallest absolute Gasteiger partial charge is 0.335 e. The van der Waals surface area contributed by atoms with Gasteiger partial charge in [-0.2, -0.15) is 23.3 Å². The third-order valence-electron chi connectivity index (χ3n) is 4.72. The van der Waals surface area contributed by atoms with Gasteiger partial charge in [-0.05, 0) is 44.7 Å². The van der Waals surface area contributed by atoms with Gasteiger partial charge in [0.25, 0.3) is 5.89 Å². The molecule has 1 N–H and O–H groups in total. The Morgan fingerprint density at radius 2 is 2.00 bits per heavy atom. The van der Waals surface area contributed by atoms with Gasteiger partial charge in [-0.25, -0.2) is 9.07 Å². The highest BCUT2D eigenvalue weighted by atomic mass is 19.4. The van der Waals surface area contributed by atoms with Crippen molar-refractivity contribution in [2.45, 2.75) is 32.1 Å². The van der Waals surface area contributed by atoms with Gasteiger partial charge < -0.3 is 9.84 Å². The third-order valence-corrected chi connectivity index (χ3v) is 4.72. The summed E-state index contributed by atoms with van der Waals surface area (Å²) in [5, 5.41) is 10.6. The first kappa shape index (κ1) is 18.6. The Balaban J connectivity index is 1.79. The topological polar surface area (TPSA) is 68.8 Å². The van der Waals surface area contributed by atoms with E-state index in [9.17, 15) is 17.6 Å². The summed E-state index contributed by atoms with van der Waals surface area (Å²) < 4.78 is 62.3. The average Bonchev–Trinajstić information content (AvgIpc) is 3.34. The monoisotopic (exact) mass is 395 g/mol. The molecule has 1 unspecified atom stereocenters.